The molecule has 0 bridgehead atoms. The SMILES string of the molecule is O[C@@H]1C=Cc2cc3c4c(ccc3cc2[C@H]1O)[C@@H](O)[C@H](O)C=C4. The number of benzene rings is 2. The molecule has 0 radical (unpaired) electrons. The lowest BCUT2D eigenvalue weighted by atomic mass is 9.85. The molecular weight excluding hydrogens is 280 g/mol. The van der Waals surface area contributed by atoms with Crippen molar-refractivity contribution in [3.8, 4) is 0 Å². The van der Waals surface area contributed by atoms with Crippen LogP contribution < -0.4 is 0 Å². The van der Waals surface area contributed by atoms with Crippen LogP contribution in [0.2, 0.25) is 0 Å². The van der Waals surface area contributed by atoms with Gasteiger partial charge in [0.05, 0.1) is 0 Å². The maximum absolute atomic E-state index is 10.1. The monoisotopic (exact) mass is 296 g/mol. The van der Waals surface area contributed by atoms with Crippen molar-refractivity contribution in [3.05, 3.63) is 58.7 Å². The Morgan fingerprint density at radius 3 is 2.18 bits per heavy atom. The molecule has 0 aromatic heterocycles. The summed E-state index contributed by atoms with van der Waals surface area (Å²) >= 11 is 0. The van der Waals surface area contributed by atoms with E-state index in [1.807, 2.05) is 24.3 Å². The van der Waals surface area contributed by atoms with Gasteiger partial charge in [0.1, 0.15) is 24.4 Å². The highest BCUT2D eigenvalue weighted by Crippen LogP contribution is 2.37. The summed E-state index contributed by atoms with van der Waals surface area (Å²) in [6.45, 7) is 0. The highest BCUT2D eigenvalue weighted by Gasteiger charge is 2.26. The quantitative estimate of drug-likeness (QED) is 0.596. The minimum atomic E-state index is -0.927. The van der Waals surface area contributed by atoms with Crippen LogP contribution in [-0.4, -0.2) is 32.6 Å². The molecule has 4 N–H and O–H groups in total. The first-order valence-electron chi connectivity index (χ1n) is 7.25. The van der Waals surface area contributed by atoms with Crippen molar-refractivity contribution >= 4 is 22.9 Å². The van der Waals surface area contributed by atoms with Crippen LogP contribution in [0.25, 0.3) is 22.9 Å². The lowest BCUT2D eigenvalue weighted by Crippen LogP contribution is -2.20. The molecule has 0 unspecified atom stereocenters. The third-order valence-corrected chi connectivity index (χ3v) is 4.52. The number of hydrogen-bond acceptors (Lipinski definition) is 4. The van der Waals surface area contributed by atoms with Crippen LogP contribution >= 0.6 is 0 Å². The molecule has 4 heteroatoms. The highest BCUT2D eigenvalue weighted by atomic mass is 16.3. The fourth-order valence-corrected chi connectivity index (χ4v) is 3.27. The molecule has 4 nitrogen and oxygen atoms in total. The van der Waals surface area contributed by atoms with Crippen molar-refractivity contribution in [1.29, 1.82) is 0 Å². The Labute approximate surface area is 127 Å². The maximum Gasteiger partial charge on any atom is 0.109 e. The number of aliphatic hydroxyl groups excluding tert-OH is 4. The van der Waals surface area contributed by atoms with Gasteiger partial charge in [-0.1, -0.05) is 36.4 Å². The third kappa shape index (κ3) is 1.86. The standard InChI is InChI=1S/C18H16O4/c19-15-5-2-10-7-13-9(8-14(10)18(15)22)1-3-12-11(13)4-6-16(20)17(12)21/h1-8,15-22H/t15-,16-,17-,18-/m1/s1. The van der Waals surface area contributed by atoms with Crippen molar-refractivity contribution in [2.45, 2.75) is 24.4 Å². The molecule has 4 rings (SSSR count). The average molecular weight is 296 g/mol. The zero-order chi connectivity index (χ0) is 15.4. The van der Waals surface area contributed by atoms with Crippen molar-refractivity contribution in [1.82, 2.24) is 0 Å². The molecule has 0 heterocycles. The first-order valence-corrected chi connectivity index (χ1v) is 7.25. The lowest BCUT2D eigenvalue weighted by Gasteiger charge is -2.25. The van der Waals surface area contributed by atoms with E-state index < -0.39 is 24.4 Å². The first kappa shape index (κ1) is 13.7. The Hall–Kier alpha value is -1.98. The summed E-state index contributed by atoms with van der Waals surface area (Å²) in [5, 5.41) is 41.6. The summed E-state index contributed by atoms with van der Waals surface area (Å²) in [6, 6.07) is 7.47. The molecule has 0 fully saturated rings. The van der Waals surface area contributed by atoms with Gasteiger partial charge in [0, 0.05) is 0 Å². The number of aliphatic hydroxyl groups is 4. The zero-order valence-electron chi connectivity index (χ0n) is 11.7. The smallest absolute Gasteiger partial charge is 0.109 e. The molecule has 0 aliphatic heterocycles. The summed E-state index contributed by atoms with van der Waals surface area (Å²) in [7, 11) is 0. The molecule has 2 aliphatic rings. The minimum absolute atomic E-state index is 0.697. The van der Waals surface area contributed by atoms with Gasteiger partial charge in [-0.2, -0.15) is 0 Å². The van der Waals surface area contributed by atoms with Crippen LogP contribution in [0, 0.1) is 0 Å². The largest absolute Gasteiger partial charge is 0.386 e. The molecular formula is C18H16O4. The number of rotatable bonds is 0. The van der Waals surface area contributed by atoms with Crippen LogP contribution in [0.1, 0.15) is 34.5 Å². The van der Waals surface area contributed by atoms with Gasteiger partial charge < -0.3 is 20.4 Å². The summed E-state index contributed by atoms with van der Waals surface area (Å²) in [6.07, 6.45) is 3.14. The highest BCUT2D eigenvalue weighted by molar-refractivity contribution is 5.95. The fraction of sp³-hybridized carbons (Fsp3) is 0.222. The molecule has 4 atom stereocenters. The fourth-order valence-electron chi connectivity index (χ4n) is 3.27. The van der Waals surface area contributed by atoms with E-state index in [4.69, 9.17) is 0 Å². The molecule has 2 aromatic carbocycles. The molecule has 0 amide bonds. The zero-order valence-corrected chi connectivity index (χ0v) is 11.7. The van der Waals surface area contributed by atoms with E-state index in [-0.39, 0.29) is 0 Å². The van der Waals surface area contributed by atoms with E-state index in [9.17, 15) is 20.4 Å². The van der Waals surface area contributed by atoms with Gasteiger partial charge in [-0.05, 0) is 45.2 Å². The van der Waals surface area contributed by atoms with Crippen molar-refractivity contribution in [2.75, 3.05) is 0 Å². The average Bonchev–Trinajstić information content (AvgIpc) is 2.53. The lowest BCUT2D eigenvalue weighted by molar-refractivity contribution is 0.0469. The van der Waals surface area contributed by atoms with Crippen LogP contribution in [-0.2, 0) is 0 Å². The van der Waals surface area contributed by atoms with Gasteiger partial charge in [-0.15, -0.1) is 0 Å². The van der Waals surface area contributed by atoms with Gasteiger partial charge >= 0.3 is 0 Å². The number of hydrogen-bond donors (Lipinski definition) is 4. The second kappa shape index (κ2) is 4.76. The van der Waals surface area contributed by atoms with Crippen LogP contribution in [0.3, 0.4) is 0 Å². The maximum atomic E-state index is 10.1. The van der Waals surface area contributed by atoms with Gasteiger partial charge in [0.25, 0.3) is 0 Å². The second-order valence-electron chi connectivity index (χ2n) is 5.86. The van der Waals surface area contributed by atoms with Gasteiger partial charge in [0.2, 0.25) is 0 Å². The Bertz CT molecular complexity index is 819. The van der Waals surface area contributed by atoms with E-state index in [2.05, 4.69) is 0 Å². The summed E-state index contributed by atoms with van der Waals surface area (Å²) in [4.78, 5) is 0. The Kier molecular flexibility index (Phi) is 2.96. The summed E-state index contributed by atoms with van der Waals surface area (Å²) in [5.41, 5.74) is 3.13. The Balaban J connectivity index is 1.98. The van der Waals surface area contributed by atoms with Crippen molar-refractivity contribution in [2.24, 2.45) is 0 Å². The van der Waals surface area contributed by atoms with E-state index in [0.717, 1.165) is 21.9 Å². The van der Waals surface area contributed by atoms with Gasteiger partial charge in [-0.3, -0.25) is 0 Å². The van der Waals surface area contributed by atoms with Crippen LogP contribution in [0.15, 0.2) is 36.4 Å². The molecule has 0 saturated heterocycles. The van der Waals surface area contributed by atoms with E-state index >= 15 is 0 Å². The number of fused-ring (bicyclic) bond motifs is 4. The van der Waals surface area contributed by atoms with Crippen molar-refractivity contribution in [3.63, 3.8) is 0 Å². The van der Waals surface area contributed by atoms with E-state index in [1.54, 1.807) is 24.3 Å². The molecule has 0 spiro atoms. The summed E-state index contributed by atoms with van der Waals surface area (Å²) < 4.78 is 0. The second-order valence-corrected chi connectivity index (χ2v) is 5.86. The molecule has 2 aliphatic carbocycles. The third-order valence-electron chi connectivity index (χ3n) is 4.52. The van der Waals surface area contributed by atoms with E-state index in [0.29, 0.717) is 11.1 Å². The summed E-state index contributed by atoms with van der Waals surface area (Å²) in [5.74, 6) is 0. The molecule has 0 saturated carbocycles. The Morgan fingerprint density at radius 1 is 0.727 bits per heavy atom. The van der Waals surface area contributed by atoms with Gasteiger partial charge in [-0.25, -0.2) is 0 Å². The molecule has 2 aromatic rings. The minimum Gasteiger partial charge on any atom is -0.386 e. The predicted molar refractivity (Wildman–Crippen MR) is 83.9 cm³/mol. The normalized spacial score (nSPS) is 29.5. The van der Waals surface area contributed by atoms with Crippen LogP contribution in [0.4, 0.5) is 0 Å². The van der Waals surface area contributed by atoms with E-state index in [1.165, 1.54) is 0 Å². The van der Waals surface area contributed by atoms with Crippen LogP contribution in [0.5, 0.6) is 0 Å². The topological polar surface area (TPSA) is 80.9 Å². The Morgan fingerprint density at radius 2 is 1.41 bits per heavy atom. The van der Waals surface area contributed by atoms with Crippen molar-refractivity contribution < 1.29 is 20.4 Å². The first-order chi connectivity index (χ1) is 10.6. The predicted octanol–water partition coefficient (Wildman–Crippen LogP) is 1.68. The molecule has 112 valence electrons. The molecule has 22 heavy (non-hydrogen) atoms. The van der Waals surface area contributed by atoms with Gasteiger partial charge in [0.15, 0.2) is 0 Å².